The maximum absolute atomic E-state index is 11.8. The van der Waals surface area contributed by atoms with Crippen molar-refractivity contribution in [2.24, 2.45) is 0 Å². The fraction of sp³-hybridized carbons (Fsp3) is 0.395. The molecule has 1 aliphatic rings. The van der Waals surface area contributed by atoms with Crippen LogP contribution in [0.4, 0.5) is 0 Å². The average Bonchev–Trinajstić information content (AvgIpc) is 3.54. The highest BCUT2D eigenvalue weighted by molar-refractivity contribution is 7.46. The first-order valence-electron chi connectivity index (χ1n) is 16.6. The van der Waals surface area contributed by atoms with Crippen LogP contribution in [0.15, 0.2) is 91.3 Å². The van der Waals surface area contributed by atoms with Gasteiger partial charge in [-0.15, -0.1) is 0 Å². The smallest absolute Gasteiger partial charge is 0.493 e. The fourth-order valence-corrected chi connectivity index (χ4v) is 6.73. The van der Waals surface area contributed by atoms with E-state index in [1.165, 1.54) is 18.4 Å². The Hall–Kier alpha value is -3.72. The van der Waals surface area contributed by atoms with E-state index in [9.17, 15) is 19.5 Å². The first kappa shape index (κ1) is 35.6. The van der Waals surface area contributed by atoms with Crippen LogP contribution >= 0.6 is 7.82 Å². The Labute approximate surface area is 283 Å². The molecule has 1 aromatic heterocycles. The summed E-state index contributed by atoms with van der Waals surface area (Å²) in [4.78, 5) is 19.2. The molecule has 256 valence electrons. The van der Waals surface area contributed by atoms with E-state index < -0.39 is 14.1 Å². The first-order valence-corrected chi connectivity index (χ1v) is 18.1. The maximum Gasteiger partial charge on any atom is 0.524 e. The quantitative estimate of drug-likeness (QED) is 0.0684. The van der Waals surface area contributed by atoms with Crippen LogP contribution in [0.25, 0.3) is 0 Å². The minimum atomic E-state index is -4.81. The van der Waals surface area contributed by atoms with Crippen LogP contribution in [0.5, 0.6) is 17.2 Å². The summed E-state index contributed by atoms with van der Waals surface area (Å²) >= 11 is 0. The molecule has 3 aromatic carbocycles. The Morgan fingerprint density at radius 2 is 1.56 bits per heavy atom. The van der Waals surface area contributed by atoms with E-state index in [4.69, 9.17) is 14.0 Å². The summed E-state index contributed by atoms with van der Waals surface area (Å²) in [7, 11) is -3.13. The molecule has 0 bridgehead atoms. The molecule has 48 heavy (non-hydrogen) atoms. The number of hydrogen-bond acceptors (Lipinski definition) is 6. The van der Waals surface area contributed by atoms with Gasteiger partial charge in [-0.05, 0) is 99.4 Å². The Morgan fingerprint density at radius 1 is 0.854 bits per heavy atom. The standard InChI is InChI=1S/C38H47N2O7P/c1-38(2,3)39-37(41)24-28-14-15-31(35(23-28)47-48(42,43)44)26-40-20-18-27(19-21-40)22-33(29-10-6-5-7-11-29)30-16-17-34(45-4)36(25-30)46-32-12-8-9-13-32/h5-7,10-11,14-21,23,25,32-33,37,39,41H,8-9,12-13,22,24,26H2,1-4H3,(H-,42,43,44)/p+1. The highest BCUT2D eigenvalue weighted by Gasteiger charge is 2.24. The number of nitrogens with one attached hydrogen (secondary N) is 1. The van der Waals surface area contributed by atoms with Gasteiger partial charge in [0.25, 0.3) is 0 Å². The van der Waals surface area contributed by atoms with E-state index in [-0.39, 0.29) is 29.7 Å². The summed E-state index contributed by atoms with van der Waals surface area (Å²) in [5.41, 5.74) is 4.48. The third-order valence-corrected chi connectivity index (χ3v) is 8.95. The van der Waals surface area contributed by atoms with E-state index in [0.29, 0.717) is 17.7 Å². The van der Waals surface area contributed by atoms with Crippen molar-refractivity contribution >= 4 is 7.82 Å². The van der Waals surface area contributed by atoms with Gasteiger partial charge in [0.05, 0.1) is 18.8 Å². The summed E-state index contributed by atoms with van der Waals surface area (Å²) in [5, 5.41) is 13.6. The molecule has 1 saturated carbocycles. The van der Waals surface area contributed by atoms with Gasteiger partial charge in [0.1, 0.15) is 12.0 Å². The molecule has 0 radical (unpaired) electrons. The van der Waals surface area contributed by atoms with Crippen LogP contribution in [-0.4, -0.2) is 39.9 Å². The van der Waals surface area contributed by atoms with Crippen LogP contribution in [-0.2, 0) is 24.0 Å². The van der Waals surface area contributed by atoms with Crippen molar-refractivity contribution < 1.29 is 38.0 Å². The summed E-state index contributed by atoms with van der Waals surface area (Å²) in [6, 6.07) is 26.0. The highest BCUT2D eigenvalue weighted by Crippen LogP contribution is 2.40. The summed E-state index contributed by atoms with van der Waals surface area (Å²) < 4.78 is 31.0. The number of benzene rings is 3. The third-order valence-electron chi connectivity index (χ3n) is 8.52. The number of aromatic nitrogens is 1. The number of phosphoric ester groups is 1. The molecule has 0 saturated heterocycles. The van der Waals surface area contributed by atoms with Crippen molar-refractivity contribution in [1.29, 1.82) is 0 Å². The lowest BCUT2D eigenvalue weighted by Crippen LogP contribution is -2.44. The lowest BCUT2D eigenvalue weighted by atomic mass is 9.86. The number of hydrogen-bond donors (Lipinski definition) is 4. The Kier molecular flexibility index (Phi) is 11.6. The van der Waals surface area contributed by atoms with Crippen LogP contribution in [0.3, 0.4) is 0 Å². The van der Waals surface area contributed by atoms with Gasteiger partial charge in [0.15, 0.2) is 30.4 Å². The fourth-order valence-electron chi connectivity index (χ4n) is 6.31. The molecule has 1 heterocycles. The molecule has 0 aliphatic heterocycles. The minimum absolute atomic E-state index is 0.0813. The number of ether oxygens (including phenoxy) is 2. The predicted molar refractivity (Wildman–Crippen MR) is 185 cm³/mol. The Morgan fingerprint density at radius 3 is 2.21 bits per heavy atom. The van der Waals surface area contributed by atoms with Crippen LogP contribution in [0.1, 0.15) is 80.2 Å². The Balaban J connectivity index is 1.36. The summed E-state index contributed by atoms with van der Waals surface area (Å²) in [6.45, 7) is 6.19. The van der Waals surface area contributed by atoms with Gasteiger partial charge in [0, 0.05) is 30.0 Å². The zero-order chi connectivity index (χ0) is 34.3. The molecular formula is C38H48N2O7P+. The lowest BCUT2D eigenvalue weighted by Gasteiger charge is -2.25. The van der Waals surface area contributed by atoms with Gasteiger partial charge in [-0.1, -0.05) is 42.5 Å². The molecule has 10 heteroatoms. The molecule has 5 rings (SSSR count). The van der Waals surface area contributed by atoms with Crippen molar-refractivity contribution in [3.63, 3.8) is 0 Å². The van der Waals surface area contributed by atoms with E-state index in [0.717, 1.165) is 41.9 Å². The van der Waals surface area contributed by atoms with Gasteiger partial charge in [-0.3, -0.25) is 15.1 Å². The second kappa shape index (κ2) is 15.7. The van der Waals surface area contributed by atoms with Crippen molar-refractivity contribution in [3.05, 3.63) is 119 Å². The number of nitrogens with zero attached hydrogens (tertiary/aromatic N) is 1. The van der Waals surface area contributed by atoms with Crippen molar-refractivity contribution in [2.75, 3.05) is 7.11 Å². The lowest BCUT2D eigenvalue weighted by molar-refractivity contribution is -0.688. The predicted octanol–water partition coefficient (Wildman–Crippen LogP) is 6.45. The highest BCUT2D eigenvalue weighted by atomic mass is 31.2. The van der Waals surface area contributed by atoms with Gasteiger partial charge in [-0.2, -0.15) is 0 Å². The van der Waals surface area contributed by atoms with Gasteiger partial charge < -0.3 is 19.1 Å². The van der Waals surface area contributed by atoms with E-state index in [2.05, 4.69) is 53.8 Å². The van der Waals surface area contributed by atoms with Gasteiger partial charge >= 0.3 is 7.82 Å². The number of methoxy groups -OCH3 is 1. The zero-order valence-electron chi connectivity index (χ0n) is 28.2. The second-order valence-electron chi connectivity index (χ2n) is 13.6. The summed E-state index contributed by atoms with van der Waals surface area (Å²) in [5.74, 6) is 1.69. The normalized spacial score (nSPS) is 15.2. The monoisotopic (exact) mass is 675 g/mol. The zero-order valence-corrected chi connectivity index (χ0v) is 29.1. The van der Waals surface area contributed by atoms with E-state index in [1.807, 2.05) is 55.9 Å². The molecule has 1 fully saturated rings. The number of aliphatic hydroxyl groups excluding tert-OH is 1. The van der Waals surface area contributed by atoms with E-state index >= 15 is 0 Å². The number of pyridine rings is 1. The van der Waals surface area contributed by atoms with Crippen LogP contribution < -0.4 is 23.9 Å². The Bertz CT molecular complexity index is 1680. The topological polar surface area (TPSA) is 121 Å². The molecule has 0 spiro atoms. The van der Waals surface area contributed by atoms with Gasteiger partial charge in [-0.25, -0.2) is 9.13 Å². The van der Waals surface area contributed by atoms with Crippen LogP contribution in [0, 0.1) is 0 Å². The van der Waals surface area contributed by atoms with Crippen molar-refractivity contribution in [3.8, 4) is 17.2 Å². The summed E-state index contributed by atoms with van der Waals surface area (Å²) in [6.07, 6.45) is 8.83. The third kappa shape index (κ3) is 10.4. The second-order valence-corrected chi connectivity index (χ2v) is 14.8. The number of aliphatic hydroxyl groups is 1. The largest absolute Gasteiger partial charge is 0.524 e. The average molecular weight is 676 g/mol. The number of phosphoric acid groups is 1. The number of rotatable bonds is 14. The molecule has 4 N–H and O–H groups in total. The maximum atomic E-state index is 11.8. The minimum Gasteiger partial charge on any atom is -0.493 e. The molecule has 9 nitrogen and oxygen atoms in total. The SMILES string of the molecule is COc1ccc(C(Cc2cc[n+](Cc3ccc(CC(O)NC(C)(C)C)cc3OP(=O)(O)O)cc2)c2ccccc2)cc1OC1CCCC1. The van der Waals surface area contributed by atoms with Crippen molar-refractivity contribution in [2.45, 2.75) is 89.6 Å². The van der Waals surface area contributed by atoms with Gasteiger partial charge in [0.2, 0.25) is 0 Å². The molecule has 2 unspecified atom stereocenters. The molecule has 4 aromatic rings. The molecule has 1 aliphatic carbocycles. The molecule has 2 atom stereocenters. The first-order chi connectivity index (χ1) is 22.8. The molecular weight excluding hydrogens is 627 g/mol. The van der Waals surface area contributed by atoms with Crippen molar-refractivity contribution in [1.82, 2.24) is 5.32 Å². The van der Waals surface area contributed by atoms with E-state index in [1.54, 1.807) is 19.2 Å². The molecule has 0 amide bonds. The van der Waals surface area contributed by atoms with Crippen LogP contribution in [0.2, 0.25) is 0 Å².